The minimum atomic E-state index is -0.487. The van der Waals surface area contributed by atoms with E-state index in [1.807, 2.05) is 54.4 Å². The van der Waals surface area contributed by atoms with Crippen LogP contribution in [-0.4, -0.2) is 52.2 Å². The summed E-state index contributed by atoms with van der Waals surface area (Å²) in [5, 5.41) is 13.3. The van der Waals surface area contributed by atoms with Crippen LogP contribution in [0.4, 0.5) is 5.69 Å². The van der Waals surface area contributed by atoms with Crippen molar-refractivity contribution in [2.75, 3.05) is 19.0 Å². The quantitative estimate of drug-likeness (QED) is 0.455. The molecule has 0 radical (unpaired) electrons. The van der Waals surface area contributed by atoms with Gasteiger partial charge >= 0.3 is 0 Å². The number of methoxy groups -OCH3 is 1. The lowest BCUT2D eigenvalue weighted by Crippen LogP contribution is -2.37. The highest BCUT2D eigenvalue weighted by molar-refractivity contribution is 5.99. The summed E-state index contributed by atoms with van der Waals surface area (Å²) in [6.45, 7) is 3.10. The van der Waals surface area contributed by atoms with E-state index in [2.05, 4.69) is 9.88 Å². The molecule has 0 atom stereocenters. The maximum atomic E-state index is 13.5. The average Bonchev–Trinajstić information content (AvgIpc) is 3.24. The predicted molar refractivity (Wildman–Crippen MR) is 142 cm³/mol. The Kier molecular flexibility index (Phi) is 6.93. The van der Waals surface area contributed by atoms with E-state index in [9.17, 15) is 14.7 Å². The molecule has 0 unspecified atom stereocenters. The Morgan fingerprint density at radius 1 is 1.16 bits per heavy atom. The largest absolute Gasteiger partial charge is 0.497 e. The number of benzene rings is 2. The molecule has 0 bridgehead atoms. The zero-order chi connectivity index (χ0) is 26.1. The van der Waals surface area contributed by atoms with E-state index < -0.39 is 5.91 Å². The van der Waals surface area contributed by atoms with Crippen molar-refractivity contribution in [2.45, 2.75) is 57.7 Å². The van der Waals surface area contributed by atoms with E-state index in [1.165, 1.54) is 0 Å². The SMILES string of the molecule is COc1cccc(CN2CCc3c(c(C)cn3-c3ccc(C(N)=O)c(NC4CCC(O)CC4)c3)C2=O)c1. The van der Waals surface area contributed by atoms with Crippen molar-refractivity contribution in [1.29, 1.82) is 0 Å². The molecule has 4 N–H and O–H groups in total. The van der Waals surface area contributed by atoms with Crippen molar-refractivity contribution < 1.29 is 19.4 Å². The third kappa shape index (κ3) is 5.06. The van der Waals surface area contributed by atoms with Gasteiger partial charge in [0.1, 0.15) is 5.75 Å². The number of hydrogen-bond donors (Lipinski definition) is 3. The number of carbonyl (C=O) groups is 2. The molecule has 1 aliphatic carbocycles. The van der Waals surface area contributed by atoms with Gasteiger partial charge in [-0.05, 0) is 74.1 Å². The Hall–Kier alpha value is -3.78. The van der Waals surface area contributed by atoms with Crippen LogP contribution >= 0.6 is 0 Å². The molecule has 0 spiro atoms. The predicted octanol–water partition coefficient (Wildman–Crippen LogP) is 3.81. The first-order valence-electron chi connectivity index (χ1n) is 12.9. The number of nitrogens with one attached hydrogen (secondary N) is 1. The van der Waals surface area contributed by atoms with Crippen LogP contribution in [0.5, 0.6) is 5.75 Å². The number of primary amides is 1. The smallest absolute Gasteiger partial charge is 0.256 e. The Morgan fingerprint density at radius 2 is 1.95 bits per heavy atom. The van der Waals surface area contributed by atoms with Crippen molar-refractivity contribution in [1.82, 2.24) is 9.47 Å². The molecule has 0 saturated heterocycles. The first kappa shape index (κ1) is 24.9. The normalized spacial score (nSPS) is 19.4. The number of nitrogens with zero attached hydrogens (tertiary/aromatic N) is 2. The van der Waals surface area contributed by atoms with E-state index in [0.29, 0.717) is 24.3 Å². The fourth-order valence-electron chi connectivity index (χ4n) is 5.55. The Morgan fingerprint density at radius 3 is 2.68 bits per heavy atom. The van der Waals surface area contributed by atoms with Crippen molar-refractivity contribution in [3.8, 4) is 11.4 Å². The molecule has 2 heterocycles. The maximum absolute atomic E-state index is 13.5. The molecular weight excluding hydrogens is 468 g/mol. The number of anilines is 1. The maximum Gasteiger partial charge on any atom is 0.256 e. The van der Waals surface area contributed by atoms with Crippen LogP contribution in [0.3, 0.4) is 0 Å². The fourth-order valence-corrected chi connectivity index (χ4v) is 5.55. The number of aryl methyl sites for hydroxylation is 1. The van der Waals surface area contributed by atoms with Gasteiger partial charge < -0.3 is 30.4 Å². The standard InChI is InChI=1S/C29H34N4O4/c1-18-16-33(21-8-11-24(28(30)35)25(15-21)31-20-6-9-22(34)10-7-20)26-12-13-32(29(36)27(18)26)17-19-4-3-5-23(14-19)37-2/h3-5,8,11,14-16,20,22,31,34H,6-7,9-10,12-13,17H2,1-2H3,(H2,30,35). The summed E-state index contributed by atoms with van der Waals surface area (Å²) < 4.78 is 7.39. The number of aliphatic hydroxyl groups is 1. The zero-order valence-corrected chi connectivity index (χ0v) is 21.4. The van der Waals surface area contributed by atoms with Gasteiger partial charge in [-0.3, -0.25) is 9.59 Å². The van der Waals surface area contributed by atoms with Gasteiger partial charge in [-0.2, -0.15) is 0 Å². The summed E-state index contributed by atoms with van der Waals surface area (Å²) in [5.74, 6) is 0.311. The van der Waals surface area contributed by atoms with Crippen LogP contribution < -0.4 is 15.8 Å². The van der Waals surface area contributed by atoms with Gasteiger partial charge in [-0.1, -0.05) is 12.1 Å². The molecule has 3 aromatic rings. The van der Waals surface area contributed by atoms with Crippen LogP contribution in [0.25, 0.3) is 5.69 Å². The van der Waals surface area contributed by atoms with Gasteiger partial charge in [-0.15, -0.1) is 0 Å². The summed E-state index contributed by atoms with van der Waals surface area (Å²) in [7, 11) is 1.64. The van der Waals surface area contributed by atoms with E-state index in [1.54, 1.807) is 13.2 Å². The van der Waals surface area contributed by atoms with E-state index >= 15 is 0 Å². The summed E-state index contributed by atoms with van der Waals surface area (Å²) in [6.07, 6.45) is 5.61. The number of aromatic nitrogens is 1. The van der Waals surface area contributed by atoms with Gasteiger partial charge in [0.25, 0.3) is 11.8 Å². The van der Waals surface area contributed by atoms with Crippen LogP contribution in [0.1, 0.15) is 63.2 Å². The van der Waals surface area contributed by atoms with Gasteiger partial charge in [0, 0.05) is 48.8 Å². The summed E-state index contributed by atoms with van der Waals surface area (Å²) in [4.78, 5) is 27.6. The number of rotatable bonds is 7. The lowest BCUT2D eigenvalue weighted by atomic mass is 9.92. The summed E-state index contributed by atoms with van der Waals surface area (Å²) in [5.41, 5.74) is 11.3. The Bertz CT molecular complexity index is 1320. The van der Waals surface area contributed by atoms with Crippen molar-refractivity contribution in [3.63, 3.8) is 0 Å². The lowest BCUT2D eigenvalue weighted by molar-refractivity contribution is 0.0724. The first-order chi connectivity index (χ1) is 17.8. The number of aliphatic hydroxyl groups excluding tert-OH is 1. The molecule has 2 aliphatic rings. The Labute approximate surface area is 217 Å². The third-order valence-electron chi connectivity index (χ3n) is 7.53. The highest BCUT2D eigenvalue weighted by Gasteiger charge is 2.30. The van der Waals surface area contributed by atoms with E-state index in [4.69, 9.17) is 10.5 Å². The molecule has 37 heavy (non-hydrogen) atoms. The molecule has 1 aromatic heterocycles. The molecule has 8 heteroatoms. The number of ether oxygens (including phenoxy) is 1. The minimum absolute atomic E-state index is 0.0215. The van der Waals surface area contributed by atoms with Gasteiger partial charge in [-0.25, -0.2) is 0 Å². The molecule has 2 amide bonds. The number of amides is 2. The molecule has 1 fully saturated rings. The third-order valence-corrected chi connectivity index (χ3v) is 7.53. The minimum Gasteiger partial charge on any atom is -0.497 e. The topological polar surface area (TPSA) is 110 Å². The Balaban J connectivity index is 1.42. The molecule has 1 aliphatic heterocycles. The van der Waals surface area contributed by atoms with Crippen molar-refractivity contribution in [2.24, 2.45) is 5.73 Å². The highest BCUT2D eigenvalue weighted by Crippen LogP contribution is 2.31. The number of hydrogen-bond acceptors (Lipinski definition) is 5. The average molecular weight is 503 g/mol. The molecule has 1 saturated carbocycles. The van der Waals surface area contributed by atoms with Crippen molar-refractivity contribution >= 4 is 17.5 Å². The van der Waals surface area contributed by atoms with E-state index in [-0.39, 0.29) is 18.1 Å². The molecule has 5 rings (SSSR count). The molecule has 194 valence electrons. The lowest BCUT2D eigenvalue weighted by Gasteiger charge is -2.29. The number of nitrogens with two attached hydrogens (primary N) is 1. The molecule has 2 aromatic carbocycles. The van der Waals surface area contributed by atoms with Gasteiger partial charge in [0.05, 0.1) is 24.3 Å². The van der Waals surface area contributed by atoms with E-state index in [0.717, 1.165) is 65.9 Å². The summed E-state index contributed by atoms with van der Waals surface area (Å²) in [6, 6.07) is 13.5. The van der Waals surface area contributed by atoms with Gasteiger partial charge in [0.2, 0.25) is 0 Å². The van der Waals surface area contributed by atoms with Crippen LogP contribution in [-0.2, 0) is 13.0 Å². The highest BCUT2D eigenvalue weighted by atomic mass is 16.5. The van der Waals surface area contributed by atoms with Crippen molar-refractivity contribution in [3.05, 3.63) is 76.6 Å². The second-order valence-electron chi connectivity index (χ2n) is 10.1. The molecular formula is C29H34N4O4. The second kappa shape index (κ2) is 10.3. The second-order valence-corrected chi connectivity index (χ2v) is 10.1. The monoisotopic (exact) mass is 502 g/mol. The number of fused-ring (bicyclic) bond motifs is 1. The van der Waals surface area contributed by atoms with Crippen LogP contribution in [0, 0.1) is 6.92 Å². The first-order valence-corrected chi connectivity index (χ1v) is 12.9. The summed E-state index contributed by atoms with van der Waals surface area (Å²) >= 11 is 0. The molecule has 8 nitrogen and oxygen atoms in total. The van der Waals surface area contributed by atoms with Crippen LogP contribution in [0.2, 0.25) is 0 Å². The fraction of sp³-hybridized carbons (Fsp3) is 0.379. The zero-order valence-electron chi connectivity index (χ0n) is 21.4. The number of carbonyl (C=O) groups excluding carboxylic acids is 2. The van der Waals surface area contributed by atoms with Crippen LogP contribution in [0.15, 0.2) is 48.7 Å². The van der Waals surface area contributed by atoms with Gasteiger partial charge in [0.15, 0.2) is 0 Å².